The molecule has 1 heterocycles. The van der Waals surface area contributed by atoms with Gasteiger partial charge in [0.25, 0.3) is 5.91 Å². The molecule has 1 amide bonds. The van der Waals surface area contributed by atoms with Crippen molar-refractivity contribution in [2.75, 3.05) is 11.6 Å². The lowest BCUT2D eigenvalue weighted by Gasteiger charge is -2.04. The highest BCUT2D eigenvalue weighted by atomic mass is 32.2. The molecular weight excluding hydrogens is 334 g/mol. The number of benzene rings is 2. The Balaban J connectivity index is 1.67. The number of rotatable bonds is 5. The molecule has 0 spiro atoms. The summed E-state index contributed by atoms with van der Waals surface area (Å²) in [5, 5.41) is 10.6. The van der Waals surface area contributed by atoms with Crippen LogP contribution in [0.5, 0.6) is 0 Å². The number of aryl methyl sites for hydroxylation is 2. The molecule has 0 unspecified atom stereocenters. The highest BCUT2D eigenvalue weighted by Crippen LogP contribution is 2.18. The van der Waals surface area contributed by atoms with Gasteiger partial charge in [-0.25, -0.2) is 0 Å². The average Bonchev–Trinajstić information content (AvgIpc) is 3.01. The Hall–Kier alpha value is -2.60. The van der Waals surface area contributed by atoms with Crippen LogP contribution >= 0.6 is 11.8 Å². The first-order valence-corrected chi connectivity index (χ1v) is 9.11. The largest absolute Gasteiger partial charge is 0.407 e. The van der Waals surface area contributed by atoms with Crippen molar-refractivity contribution >= 4 is 23.7 Å². The molecular formula is C19H19N3O2S. The van der Waals surface area contributed by atoms with Crippen LogP contribution in [0, 0.1) is 13.8 Å². The van der Waals surface area contributed by atoms with E-state index in [2.05, 4.69) is 27.6 Å². The number of hydrogen-bond acceptors (Lipinski definition) is 5. The summed E-state index contributed by atoms with van der Waals surface area (Å²) in [5.74, 6) is 0.207. The molecule has 1 N–H and O–H groups in total. The summed E-state index contributed by atoms with van der Waals surface area (Å²) in [5.41, 5.74) is 3.72. The van der Waals surface area contributed by atoms with Gasteiger partial charge in [-0.05, 0) is 49.9 Å². The zero-order valence-electron chi connectivity index (χ0n) is 14.4. The number of carbonyl (C=O) groups is 1. The Bertz CT molecular complexity index is 868. The molecule has 5 nitrogen and oxygen atoms in total. The van der Waals surface area contributed by atoms with Crippen molar-refractivity contribution in [3.8, 4) is 0 Å². The van der Waals surface area contributed by atoms with Gasteiger partial charge in [-0.15, -0.1) is 16.9 Å². The van der Waals surface area contributed by atoms with Gasteiger partial charge >= 0.3 is 6.01 Å². The summed E-state index contributed by atoms with van der Waals surface area (Å²) in [4.78, 5) is 13.5. The number of nitrogens with zero attached hydrogens (tertiary/aromatic N) is 2. The quantitative estimate of drug-likeness (QED) is 0.695. The fourth-order valence-corrected chi connectivity index (χ4v) is 2.98. The summed E-state index contributed by atoms with van der Waals surface area (Å²) in [7, 11) is 0. The fraction of sp³-hybridized carbons (Fsp3) is 0.211. The maximum atomic E-state index is 12.3. The minimum absolute atomic E-state index is 0.111. The van der Waals surface area contributed by atoms with Crippen LogP contribution in [0.4, 0.5) is 6.01 Å². The third-order valence-electron chi connectivity index (χ3n) is 3.69. The maximum Gasteiger partial charge on any atom is 0.322 e. The Morgan fingerprint density at radius 1 is 1.08 bits per heavy atom. The van der Waals surface area contributed by atoms with E-state index in [4.69, 9.17) is 4.42 Å². The molecule has 1 aromatic heterocycles. The molecule has 2 aromatic carbocycles. The zero-order chi connectivity index (χ0) is 17.8. The van der Waals surface area contributed by atoms with E-state index >= 15 is 0 Å². The van der Waals surface area contributed by atoms with E-state index in [9.17, 15) is 4.79 Å². The van der Waals surface area contributed by atoms with E-state index in [0.29, 0.717) is 17.9 Å². The topological polar surface area (TPSA) is 68.0 Å². The van der Waals surface area contributed by atoms with Crippen molar-refractivity contribution in [3.63, 3.8) is 0 Å². The molecule has 6 heteroatoms. The van der Waals surface area contributed by atoms with Crippen LogP contribution in [0.3, 0.4) is 0 Å². The van der Waals surface area contributed by atoms with Crippen molar-refractivity contribution in [2.45, 2.75) is 25.2 Å². The van der Waals surface area contributed by atoms with Crippen molar-refractivity contribution < 1.29 is 9.21 Å². The van der Waals surface area contributed by atoms with Gasteiger partial charge in [0.1, 0.15) is 0 Å². The molecule has 0 atom stereocenters. The second-order valence-electron chi connectivity index (χ2n) is 5.86. The van der Waals surface area contributed by atoms with E-state index < -0.39 is 0 Å². The summed E-state index contributed by atoms with van der Waals surface area (Å²) in [6.07, 6.45) is 2.57. The van der Waals surface area contributed by atoms with Crippen molar-refractivity contribution in [2.24, 2.45) is 0 Å². The lowest BCUT2D eigenvalue weighted by molar-refractivity contribution is 0.102. The predicted octanol–water partition coefficient (Wildman–Crippen LogP) is 4.25. The third kappa shape index (κ3) is 4.48. The monoisotopic (exact) mass is 353 g/mol. The van der Waals surface area contributed by atoms with Gasteiger partial charge in [-0.2, -0.15) is 0 Å². The molecule has 0 bridgehead atoms. The predicted molar refractivity (Wildman–Crippen MR) is 99.2 cm³/mol. The van der Waals surface area contributed by atoms with Crippen LogP contribution in [0.2, 0.25) is 0 Å². The highest BCUT2D eigenvalue weighted by molar-refractivity contribution is 7.98. The Kier molecular flexibility index (Phi) is 5.19. The van der Waals surface area contributed by atoms with E-state index in [-0.39, 0.29) is 11.9 Å². The molecule has 25 heavy (non-hydrogen) atoms. The molecule has 0 aliphatic rings. The third-order valence-corrected chi connectivity index (χ3v) is 4.43. The van der Waals surface area contributed by atoms with Gasteiger partial charge < -0.3 is 4.42 Å². The number of nitrogens with one attached hydrogen (secondary N) is 1. The van der Waals surface area contributed by atoms with Crippen LogP contribution in [-0.2, 0) is 6.42 Å². The molecule has 3 aromatic rings. The minimum atomic E-state index is -0.258. The molecule has 0 saturated carbocycles. The second kappa shape index (κ2) is 7.53. The second-order valence-corrected chi connectivity index (χ2v) is 6.74. The van der Waals surface area contributed by atoms with E-state index in [1.807, 2.05) is 50.4 Å². The lowest BCUT2D eigenvalue weighted by Crippen LogP contribution is -2.12. The summed E-state index contributed by atoms with van der Waals surface area (Å²) in [6, 6.07) is 14.0. The van der Waals surface area contributed by atoms with E-state index in [1.165, 1.54) is 4.90 Å². The molecule has 3 rings (SSSR count). The summed E-state index contributed by atoms with van der Waals surface area (Å²) < 4.78 is 5.54. The van der Waals surface area contributed by atoms with Gasteiger partial charge in [0.15, 0.2) is 0 Å². The first kappa shape index (κ1) is 17.2. The summed E-state index contributed by atoms with van der Waals surface area (Å²) >= 11 is 1.70. The molecule has 0 aliphatic carbocycles. The van der Waals surface area contributed by atoms with Crippen LogP contribution in [-0.4, -0.2) is 22.4 Å². The smallest absolute Gasteiger partial charge is 0.322 e. The van der Waals surface area contributed by atoms with Crippen LogP contribution in [0.1, 0.15) is 32.9 Å². The summed E-state index contributed by atoms with van der Waals surface area (Å²) in [6.45, 7) is 3.91. The Morgan fingerprint density at radius 2 is 1.76 bits per heavy atom. The molecule has 0 radical (unpaired) electrons. The Labute approximate surface area is 150 Å². The Morgan fingerprint density at radius 3 is 2.40 bits per heavy atom. The number of anilines is 1. The average molecular weight is 353 g/mol. The van der Waals surface area contributed by atoms with Gasteiger partial charge in [0, 0.05) is 10.5 Å². The van der Waals surface area contributed by atoms with Crippen LogP contribution in [0.15, 0.2) is 51.8 Å². The fourth-order valence-electron chi connectivity index (χ4n) is 2.57. The number of carbonyl (C=O) groups excluding carboxylic acids is 1. The van der Waals surface area contributed by atoms with Gasteiger partial charge in [0.05, 0.1) is 6.42 Å². The van der Waals surface area contributed by atoms with Gasteiger partial charge in [-0.1, -0.05) is 34.4 Å². The van der Waals surface area contributed by atoms with Crippen LogP contribution in [0.25, 0.3) is 0 Å². The molecule has 0 fully saturated rings. The molecule has 0 aliphatic heterocycles. The highest BCUT2D eigenvalue weighted by Gasteiger charge is 2.12. The number of thioether (sulfide) groups is 1. The first-order valence-electron chi connectivity index (χ1n) is 7.88. The van der Waals surface area contributed by atoms with Crippen LogP contribution < -0.4 is 5.32 Å². The van der Waals surface area contributed by atoms with Gasteiger partial charge in [-0.3, -0.25) is 10.1 Å². The standard InChI is InChI=1S/C19H19N3O2S/c1-12-8-13(2)10-15(9-12)18(23)20-19-22-21-17(24-19)11-14-4-6-16(25-3)7-5-14/h4-10H,11H2,1-3H3,(H,20,22,23). The van der Waals surface area contributed by atoms with Crippen molar-refractivity contribution in [1.29, 1.82) is 0 Å². The number of aromatic nitrogens is 2. The van der Waals surface area contributed by atoms with Crippen molar-refractivity contribution in [3.05, 3.63) is 70.6 Å². The first-order chi connectivity index (χ1) is 12.0. The normalized spacial score (nSPS) is 10.7. The SMILES string of the molecule is CSc1ccc(Cc2nnc(NC(=O)c3cc(C)cc(C)c3)o2)cc1. The zero-order valence-corrected chi connectivity index (χ0v) is 15.2. The lowest BCUT2D eigenvalue weighted by atomic mass is 10.1. The van der Waals surface area contributed by atoms with E-state index in [0.717, 1.165) is 16.7 Å². The number of amides is 1. The van der Waals surface area contributed by atoms with Gasteiger partial charge in [0.2, 0.25) is 5.89 Å². The molecule has 0 saturated heterocycles. The van der Waals surface area contributed by atoms with Crippen molar-refractivity contribution in [1.82, 2.24) is 10.2 Å². The molecule has 128 valence electrons. The number of hydrogen-bond donors (Lipinski definition) is 1. The minimum Gasteiger partial charge on any atom is -0.407 e. The maximum absolute atomic E-state index is 12.3. The van der Waals surface area contributed by atoms with E-state index in [1.54, 1.807) is 11.8 Å².